The van der Waals surface area contributed by atoms with Crippen LogP contribution < -0.4 is 5.32 Å². The van der Waals surface area contributed by atoms with Crippen molar-refractivity contribution in [1.29, 1.82) is 0 Å². The van der Waals surface area contributed by atoms with E-state index in [4.69, 9.17) is 0 Å². The molecule has 2 saturated heterocycles. The quantitative estimate of drug-likeness (QED) is 0.703. The van der Waals surface area contributed by atoms with Crippen LogP contribution in [0.4, 0.5) is 0 Å². The fraction of sp³-hybridized carbons (Fsp3) is 0.917. The van der Waals surface area contributed by atoms with Crippen LogP contribution in [-0.2, 0) is 4.79 Å². The van der Waals surface area contributed by atoms with E-state index >= 15 is 0 Å². The SMILES string of the molecule is CN1CCCC(C(=O)O)(N2CCNCC2)CC1. The number of nitrogens with zero attached hydrogens (tertiary/aromatic N) is 2. The first-order valence-electron chi connectivity index (χ1n) is 6.53. The Balaban J connectivity index is 2.15. The van der Waals surface area contributed by atoms with Gasteiger partial charge in [0.25, 0.3) is 0 Å². The van der Waals surface area contributed by atoms with Crippen molar-refractivity contribution in [3.05, 3.63) is 0 Å². The van der Waals surface area contributed by atoms with E-state index in [0.717, 1.165) is 58.5 Å². The molecule has 2 N–H and O–H groups in total. The molecule has 5 heteroatoms. The van der Waals surface area contributed by atoms with Crippen LogP contribution in [0, 0.1) is 0 Å². The lowest BCUT2D eigenvalue weighted by atomic mass is 9.88. The lowest BCUT2D eigenvalue weighted by Gasteiger charge is -2.42. The Bertz CT molecular complexity index is 279. The van der Waals surface area contributed by atoms with Crippen LogP contribution in [0.1, 0.15) is 19.3 Å². The molecule has 0 saturated carbocycles. The van der Waals surface area contributed by atoms with Gasteiger partial charge in [-0.1, -0.05) is 0 Å². The third-order valence-corrected chi connectivity index (χ3v) is 4.16. The molecule has 0 amide bonds. The van der Waals surface area contributed by atoms with Gasteiger partial charge in [0.2, 0.25) is 0 Å². The number of carbonyl (C=O) groups is 1. The minimum absolute atomic E-state index is 0.618. The van der Waals surface area contributed by atoms with Crippen LogP contribution in [0.2, 0.25) is 0 Å². The summed E-state index contributed by atoms with van der Waals surface area (Å²) in [4.78, 5) is 16.2. The topological polar surface area (TPSA) is 55.8 Å². The minimum atomic E-state index is -0.630. The van der Waals surface area contributed by atoms with Gasteiger partial charge in [0.1, 0.15) is 5.54 Å². The second kappa shape index (κ2) is 5.33. The van der Waals surface area contributed by atoms with Crippen molar-refractivity contribution < 1.29 is 9.90 Å². The summed E-state index contributed by atoms with van der Waals surface area (Å²) < 4.78 is 0. The Hall–Kier alpha value is -0.650. The van der Waals surface area contributed by atoms with E-state index < -0.39 is 11.5 Å². The molecular weight excluding hydrogens is 218 g/mol. The van der Waals surface area contributed by atoms with Crippen molar-refractivity contribution in [3.8, 4) is 0 Å². The molecule has 0 aromatic carbocycles. The molecule has 2 aliphatic heterocycles. The van der Waals surface area contributed by atoms with E-state index in [-0.39, 0.29) is 0 Å². The fourth-order valence-electron chi connectivity index (χ4n) is 3.01. The monoisotopic (exact) mass is 241 g/mol. The molecule has 0 aliphatic carbocycles. The predicted molar refractivity (Wildman–Crippen MR) is 66.2 cm³/mol. The van der Waals surface area contributed by atoms with E-state index in [1.54, 1.807) is 0 Å². The molecule has 0 aromatic rings. The molecule has 2 fully saturated rings. The summed E-state index contributed by atoms with van der Waals surface area (Å²) in [6.45, 7) is 5.43. The third-order valence-electron chi connectivity index (χ3n) is 4.16. The first-order valence-corrected chi connectivity index (χ1v) is 6.53. The highest BCUT2D eigenvalue weighted by molar-refractivity contribution is 5.79. The molecule has 1 unspecified atom stereocenters. The van der Waals surface area contributed by atoms with Crippen molar-refractivity contribution >= 4 is 5.97 Å². The number of likely N-dealkylation sites (tertiary alicyclic amines) is 1. The smallest absolute Gasteiger partial charge is 0.324 e. The molecule has 0 radical (unpaired) electrons. The Morgan fingerprint density at radius 3 is 2.53 bits per heavy atom. The Labute approximate surface area is 103 Å². The first-order chi connectivity index (χ1) is 8.15. The van der Waals surface area contributed by atoms with Crippen molar-refractivity contribution in [2.75, 3.05) is 46.3 Å². The molecule has 2 aliphatic rings. The van der Waals surface area contributed by atoms with E-state index in [1.807, 2.05) is 0 Å². The molecule has 0 bridgehead atoms. The summed E-state index contributed by atoms with van der Waals surface area (Å²) in [6, 6.07) is 0. The van der Waals surface area contributed by atoms with Crippen LogP contribution in [-0.4, -0.2) is 72.7 Å². The van der Waals surface area contributed by atoms with Crippen molar-refractivity contribution in [2.24, 2.45) is 0 Å². The molecule has 0 aromatic heterocycles. The molecule has 1 atom stereocenters. The number of rotatable bonds is 2. The Kier molecular flexibility index (Phi) is 4.01. The highest BCUT2D eigenvalue weighted by Gasteiger charge is 2.44. The predicted octanol–water partition coefficient (Wildman–Crippen LogP) is -0.169. The lowest BCUT2D eigenvalue weighted by Crippen LogP contribution is -2.60. The van der Waals surface area contributed by atoms with Gasteiger partial charge in [-0.3, -0.25) is 9.69 Å². The normalized spacial score (nSPS) is 33.2. The van der Waals surface area contributed by atoms with Gasteiger partial charge in [0, 0.05) is 32.7 Å². The van der Waals surface area contributed by atoms with E-state index in [1.165, 1.54) is 0 Å². The highest BCUT2D eigenvalue weighted by atomic mass is 16.4. The maximum absolute atomic E-state index is 11.8. The van der Waals surface area contributed by atoms with E-state index in [0.29, 0.717) is 0 Å². The van der Waals surface area contributed by atoms with Gasteiger partial charge in [0.15, 0.2) is 0 Å². The zero-order valence-corrected chi connectivity index (χ0v) is 10.6. The molecule has 5 nitrogen and oxygen atoms in total. The third kappa shape index (κ3) is 2.61. The number of aliphatic carboxylic acids is 1. The molecular formula is C12H23N3O2. The molecule has 0 spiro atoms. The average Bonchev–Trinajstić information content (AvgIpc) is 2.53. The number of hydrogen-bond acceptors (Lipinski definition) is 4. The molecule has 2 heterocycles. The fourth-order valence-corrected chi connectivity index (χ4v) is 3.01. The summed E-state index contributed by atoms with van der Waals surface area (Å²) in [6.07, 6.45) is 2.51. The van der Waals surface area contributed by atoms with Crippen molar-refractivity contribution in [1.82, 2.24) is 15.1 Å². The zero-order chi connectivity index (χ0) is 12.3. The van der Waals surface area contributed by atoms with Gasteiger partial charge in [-0.15, -0.1) is 0 Å². The van der Waals surface area contributed by atoms with Gasteiger partial charge >= 0.3 is 5.97 Å². The minimum Gasteiger partial charge on any atom is -0.480 e. The van der Waals surface area contributed by atoms with E-state index in [9.17, 15) is 9.90 Å². The molecule has 98 valence electrons. The number of nitrogens with one attached hydrogen (secondary N) is 1. The van der Waals surface area contributed by atoms with Crippen LogP contribution in [0.3, 0.4) is 0 Å². The second-order valence-corrected chi connectivity index (χ2v) is 5.23. The summed E-state index contributed by atoms with van der Waals surface area (Å²) in [5.74, 6) is -0.630. The van der Waals surface area contributed by atoms with E-state index in [2.05, 4.69) is 22.2 Å². The highest BCUT2D eigenvalue weighted by Crippen LogP contribution is 2.29. The van der Waals surface area contributed by atoms with Gasteiger partial charge < -0.3 is 15.3 Å². The van der Waals surface area contributed by atoms with Crippen LogP contribution >= 0.6 is 0 Å². The number of carboxylic acids is 1. The molecule has 2 rings (SSSR count). The largest absolute Gasteiger partial charge is 0.480 e. The standard InChI is InChI=1S/C12H23N3O2/c1-14-7-2-3-12(4-8-14,11(16)17)15-9-5-13-6-10-15/h13H,2-10H2,1H3,(H,16,17). The lowest BCUT2D eigenvalue weighted by molar-refractivity contribution is -0.153. The van der Waals surface area contributed by atoms with Crippen LogP contribution in [0.5, 0.6) is 0 Å². The Morgan fingerprint density at radius 2 is 1.88 bits per heavy atom. The number of piperazine rings is 1. The Morgan fingerprint density at radius 1 is 1.18 bits per heavy atom. The van der Waals surface area contributed by atoms with Crippen molar-refractivity contribution in [2.45, 2.75) is 24.8 Å². The maximum atomic E-state index is 11.8. The van der Waals surface area contributed by atoms with Crippen molar-refractivity contribution in [3.63, 3.8) is 0 Å². The van der Waals surface area contributed by atoms with Gasteiger partial charge in [-0.05, 0) is 32.9 Å². The number of hydrogen-bond donors (Lipinski definition) is 2. The number of carboxylic acid groups (broad SMARTS) is 1. The van der Waals surface area contributed by atoms with Gasteiger partial charge in [-0.2, -0.15) is 0 Å². The summed E-state index contributed by atoms with van der Waals surface area (Å²) in [5.41, 5.74) is -0.618. The zero-order valence-electron chi connectivity index (χ0n) is 10.6. The second-order valence-electron chi connectivity index (χ2n) is 5.23. The first kappa shape index (κ1) is 12.8. The summed E-state index contributed by atoms with van der Waals surface area (Å²) >= 11 is 0. The molecule has 17 heavy (non-hydrogen) atoms. The summed E-state index contributed by atoms with van der Waals surface area (Å²) in [7, 11) is 2.08. The average molecular weight is 241 g/mol. The maximum Gasteiger partial charge on any atom is 0.324 e. The van der Waals surface area contributed by atoms with Crippen LogP contribution in [0.15, 0.2) is 0 Å². The summed E-state index contributed by atoms with van der Waals surface area (Å²) in [5, 5.41) is 13.0. The van der Waals surface area contributed by atoms with Gasteiger partial charge in [0.05, 0.1) is 0 Å². The van der Waals surface area contributed by atoms with Gasteiger partial charge in [-0.25, -0.2) is 0 Å². The van der Waals surface area contributed by atoms with Crippen LogP contribution in [0.25, 0.3) is 0 Å².